The molecule has 4 rings (SSSR count). The minimum Gasteiger partial charge on any atom is -0.399 e. The number of anilines is 1. The number of pyridine rings is 1. The van der Waals surface area contributed by atoms with E-state index in [9.17, 15) is 0 Å². The second-order valence-electron chi connectivity index (χ2n) is 4.44. The number of fused-ring (bicyclic) bond motifs is 6. The second kappa shape index (κ2) is 3.23. The number of imidazole rings is 1. The van der Waals surface area contributed by atoms with Gasteiger partial charge in [0.25, 0.3) is 0 Å². The summed E-state index contributed by atoms with van der Waals surface area (Å²) in [5.41, 5.74) is 8.82. The van der Waals surface area contributed by atoms with Crippen LogP contribution >= 0.6 is 0 Å². The van der Waals surface area contributed by atoms with Gasteiger partial charge in [0.2, 0.25) is 0 Å². The van der Waals surface area contributed by atoms with E-state index in [0.717, 1.165) is 27.6 Å². The first-order valence-corrected chi connectivity index (χ1v) is 5.87. The van der Waals surface area contributed by atoms with Gasteiger partial charge in [-0.1, -0.05) is 24.3 Å². The van der Waals surface area contributed by atoms with Gasteiger partial charge in [0.1, 0.15) is 5.65 Å². The monoisotopic (exact) mass is 233 g/mol. The Bertz CT molecular complexity index is 890. The van der Waals surface area contributed by atoms with E-state index in [2.05, 4.69) is 21.5 Å². The molecule has 0 aliphatic rings. The Kier molecular flexibility index (Phi) is 1.70. The van der Waals surface area contributed by atoms with Crippen LogP contribution in [0.1, 0.15) is 0 Å². The fourth-order valence-electron chi connectivity index (χ4n) is 2.59. The molecule has 2 N–H and O–H groups in total. The first-order valence-electron chi connectivity index (χ1n) is 5.87. The van der Waals surface area contributed by atoms with Crippen molar-refractivity contribution in [3.05, 3.63) is 54.9 Å². The van der Waals surface area contributed by atoms with Crippen LogP contribution in [0.5, 0.6) is 0 Å². The Morgan fingerprint density at radius 2 is 1.78 bits per heavy atom. The first kappa shape index (κ1) is 9.48. The fourth-order valence-corrected chi connectivity index (χ4v) is 2.59. The topological polar surface area (TPSA) is 43.3 Å². The lowest BCUT2D eigenvalue weighted by atomic mass is 10.1. The van der Waals surface area contributed by atoms with Crippen LogP contribution in [0.25, 0.3) is 27.3 Å². The summed E-state index contributed by atoms with van der Waals surface area (Å²) < 4.78 is 2.11. The highest BCUT2D eigenvalue weighted by Crippen LogP contribution is 2.29. The maximum absolute atomic E-state index is 5.91. The van der Waals surface area contributed by atoms with E-state index in [4.69, 9.17) is 5.73 Å². The molecule has 2 heterocycles. The highest BCUT2D eigenvalue weighted by Gasteiger charge is 2.08. The van der Waals surface area contributed by atoms with Crippen molar-refractivity contribution in [1.29, 1.82) is 0 Å². The van der Waals surface area contributed by atoms with Crippen LogP contribution in [-0.2, 0) is 0 Å². The van der Waals surface area contributed by atoms with E-state index in [0.29, 0.717) is 0 Å². The normalized spacial score (nSPS) is 11.6. The van der Waals surface area contributed by atoms with Crippen molar-refractivity contribution in [1.82, 2.24) is 9.38 Å². The predicted molar refractivity (Wildman–Crippen MR) is 74.6 cm³/mol. The van der Waals surface area contributed by atoms with Gasteiger partial charge in [-0.25, -0.2) is 4.98 Å². The number of nitrogen functional groups attached to an aromatic ring is 1. The molecule has 0 bridgehead atoms. The third kappa shape index (κ3) is 1.10. The molecule has 0 unspecified atom stereocenters. The van der Waals surface area contributed by atoms with Crippen LogP contribution < -0.4 is 5.73 Å². The molecular weight excluding hydrogens is 222 g/mol. The summed E-state index contributed by atoms with van der Waals surface area (Å²) in [6.45, 7) is 0. The average Bonchev–Trinajstić information content (AvgIpc) is 2.88. The van der Waals surface area contributed by atoms with Crippen molar-refractivity contribution in [2.45, 2.75) is 0 Å². The predicted octanol–water partition coefficient (Wildman–Crippen LogP) is 3.22. The summed E-state index contributed by atoms with van der Waals surface area (Å²) in [5, 5.41) is 3.51. The largest absolute Gasteiger partial charge is 0.399 e. The lowest BCUT2D eigenvalue weighted by Gasteiger charge is -2.08. The summed E-state index contributed by atoms with van der Waals surface area (Å²) in [5.74, 6) is 0. The number of hydrogen-bond acceptors (Lipinski definition) is 2. The van der Waals surface area contributed by atoms with Crippen molar-refractivity contribution in [2.75, 3.05) is 5.73 Å². The molecule has 2 aromatic carbocycles. The number of rotatable bonds is 0. The maximum Gasteiger partial charge on any atom is 0.145 e. The van der Waals surface area contributed by atoms with Gasteiger partial charge < -0.3 is 5.73 Å². The molecule has 0 aliphatic carbocycles. The van der Waals surface area contributed by atoms with Gasteiger partial charge in [0.15, 0.2) is 0 Å². The Morgan fingerprint density at radius 3 is 2.67 bits per heavy atom. The summed E-state index contributed by atoms with van der Waals surface area (Å²) in [6.07, 6.45) is 3.82. The lowest BCUT2D eigenvalue weighted by molar-refractivity contribution is 1.27. The number of benzene rings is 2. The molecule has 4 aromatic rings. The lowest BCUT2D eigenvalue weighted by Crippen LogP contribution is -1.92. The van der Waals surface area contributed by atoms with Crippen molar-refractivity contribution in [3.63, 3.8) is 0 Å². The van der Waals surface area contributed by atoms with Gasteiger partial charge in [0, 0.05) is 28.9 Å². The molecule has 0 aliphatic heterocycles. The first-order chi connectivity index (χ1) is 8.84. The zero-order valence-corrected chi connectivity index (χ0v) is 9.67. The van der Waals surface area contributed by atoms with Gasteiger partial charge in [0.05, 0.1) is 5.52 Å². The molecule has 2 aromatic heterocycles. The van der Waals surface area contributed by atoms with Crippen LogP contribution in [-0.4, -0.2) is 9.38 Å². The minimum atomic E-state index is 0.784. The molecule has 0 saturated carbocycles. The smallest absolute Gasteiger partial charge is 0.145 e. The third-order valence-electron chi connectivity index (χ3n) is 3.38. The fraction of sp³-hybridized carbons (Fsp3) is 0. The molecule has 0 atom stereocenters. The minimum absolute atomic E-state index is 0.784. The highest BCUT2D eigenvalue weighted by molar-refractivity contribution is 6.12. The molecule has 0 spiro atoms. The third-order valence-corrected chi connectivity index (χ3v) is 3.38. The standard InChI is InChI=1S/C15H11N3/c16-10-5-6-14-13(9-10)11-3-1-2-4-12(11)15-17-7-8-18(14)15/h1-9H,16H2. The van der Waals surface area contributed by atoms with Crippen LogP contribution in [0.15, 0.2) is 54.9 Å². The molecule has 0 radical (unpaired) electrons. The summed E-state index contributed by atoms with van der Waals surface area (Å²) >= 11 is 0. The number of nitrogens with two attached hydrogens (primary N) is 1. The zero-order valence-electron chi connectivity index (χ0n) is 9.67. The second-order valence-corrected chi connectivity index (χ2v) is 4.44. The number of hydrogen-bond donors (Lipinski definition) is 1. The van der Waals surface area contributed by atoms with Gasteiger partial charge >= 0.3 is 0 Å². The Balaban J connectivity index is 2.44. The van der Waals surface area contributed by atoms with Crippen molar-refractivity contribution in [2.24, 2.45) is 0 Å². The van der Waals surface area contributed by atoms with E-state index in [-0.39, 0.29) is 0 Å². The van der Waals surface area contributed by atoms with E-state index < -0.39 is 0 Å². The molecular formula is C15H11N3. The summed E-state index contributed by atoms with van der Waals surface area (Å²) in [4.78, 5) is 4.45. The Hall–Kier alpha value is -2.55. The van der Waals surface area contributed by atoms with Crippen molar-refractivity contribution >= 4 is 33.0 Å². The zero-order chi connectivity index (χ0) is 12.1. The van der Waals surface area contributed by atoms with Gasteiger partial charge in [-0.2, -0.15) is 0 Å². The number of aromatic nitrogens is 2. The molecule has 0 amide bonds. The van der Waals surface area contributed by atoms with E-state index in [1.807, 2.05) is 42.7 Å². The SMILES string of the molecule is Nc1ccc2c(c1)c1ccccc1c1nccn21. The molecule has 18 heavy (non-hydrogen) atoms. The maximum atomic E-state index is 5.91. The highest BCUT2D eigenvalue weighted by atomic mass is 15.0. The number of nitrogens with zero attached hydrogens (tertiary/aromatic N) is 2. The Morgan fingerprint density at radius 1 is 0.944 bits per heavy atom. The van der Waals surface area contributed by atoms with Crippen molar-refractivity contribution < 1.29 is 0 Å². The van der Waals surface area contributed by atoms with E-state index in [1.54, 1.807) is 0 Å². The summed E-state index contributed by atoms with van der Waals surface area (Å²) in [7, 11) is 0. The molecule has 0 fully saturated rings. The van der Waals surface area contributed by atoms with E-state index >= 15 is 0 Å². The molecule has 3 heteroatoms. The summed E-state index contributed by atoms with van der Waals surface area (Å²) in [6, 6.07) is 14.3. The quantitative estimate of drug-likeness (QED) is 0.374. The molecule has 86 valence electrons. The van der Waals surface area contributed by atoms with Crippen LogP contribution in [0, 0.1) is 0 Å². The Labute approximate surface area is 103 Å². The molecule has 3 nitrogen and oxygen atoms in total. The van der Waals surface area contributed by atoms with E-state index in [1.165, 1.54) is 5.39 Å². The van der Waals surface area contributed by atoms with Gasteiger partial charge in [-0.3, -0.25) is 4.40 Å². The van der Waals surface area contributed by atoms with Crippen LogP contribution in [0.3, 0.4) is 0 Å². The van der Waals surface area contributed by atoms with Crippen LogP contribution in [0.4, 0.5) is 5.69 Å². The van der Waals surface area contributed by atoms with Gasteiger partial charge in [-0.15, -0.1) is 0 Å². The van der Waals surface area contributed by atoms with Gasteiger partial charge in [-0.05, 0) is 23.6 Å². The molecule has 0 saturated heterocycles. The van der Waals surface area contributed by atoms with Crippen molar-refractivity contribution in [3.8, 4) is 0 Å². The van der Waals surface area contributed by atoms with Crippen LogP contribution in [0.2, 0.25) is 0 Å². The average molecular weight is 233 g/mol.